The van der Waals surface area contributed by atoms with Crippen molar-refractivity contribution in [2.45, 2.75) is 0 Å². The van der Waals surface area contributed by atoms with Crippen molar-refractivity contribution in [1.82, 2.24) is 4.98 Å². The molecular formula is C10H10N2O2. The van der Waals surface area contributed by atoms with Crippen molar-refractivity contribution in [3.8, 4) is 0 Å². The van der Waals surface area contributed by atoms with Crippen LogP contribution >= 0.6 is 0 Å². The second-order valence-corrected chi connectivity index (χ2v) is 2.86. The van der Waals surface area contributed by atoms with Gasteiger partial charge in [-0.1, -0.05) is 12.1 Å². The zero-order valence-electron chi connectivity index (χ0n) is 7.70. The smallest absolute Gasteiger partial charge is 0.411 e. The number of aromatic nitrogens is 1. The summed E-state index contributed by atoms with van der Waals surface area (Å²) in [5.41, 5.74) is 1.62. The van der Waals surface area contributed by atoms with E-state index < -0.39 is 6.09 Å². The molecule has 2 rings (SSSR count). The number of fused-ring (bicyclic) bond motifs is 1. The van der Waals surface area contributed by atoms with E-state index >= 15 is 0 Å². The summed E-state index contributed by atoms with van der Waals surface area (Å²) in [5.74, 6) is 0. The molecule has 1 aromatic carbocycles. The number of H-pyrrole nitrogens is 1. The minimum Gasteiger partial charge on any atom is -0.453 e. The first-order valence-corrected chi connectivity index (χ1v) is 4.22. The lowest BCUT2D eigenvalue weighted by atomic mass is 10.2. The van der Waals surface area contributed by atoms with Crippen LogP contribution in [0, 0.1) is 0 Å². The standard InChI is InChI=1S/C10H10N2O2/c1-14-10(13)12-8-4-2-3-7-5-6-11-9(7)8/h2-6,11H,1H3,(H,12,13). The highest BCUT2D eigenvalue weighted by molar-refractivity contribution is 5.98. The number of nitrogens with one attached hydrogen (secondary N) is 2. The Morgan fingerprint density at radius 3 is 3.07 bits per heavy atom. The van der Waals surface area contributed by atoms with E-state index in [4.69, 9.17) is 0 Å². The maximum Gasteiger partial charge on any atom is 0.411 e. The predicted octanol–water partition coefficient (Wildman–Crippen LogP) is 2.35. The predicted molar refractivity (Wildman–Crippen MR) is 54.3 cm³/mol. The summed E-state index contributed by atoms with van der Waals surface area (Å²) >= 11 is 0. The molecule has 0 aliphatic rings. The van der Waals surface area contributed by atoms with E-state index in [0.717, 1.165) is 16.6 Å². The van der Waals surface area contributed by atoms with Crippen LogP contribution in [0.25, 0.3) is 10.9 Å². The Kier molecular flexibility index (Phi) is 2.10. The molecule has 4 heteroatoms. The SMILES string of the molecule is COC(=O)Nc1cccc2cc[nH]c12. The minimum atomic E-state index is -0.466. The van der Waals surface area contributed by atoms with Crippen molar-refractivity contribution in [2.75, 3.05) is 12.4 Å². The second kappa shape index (κ2) is 3.41. The van der Waals surface area contributed by atoms with Crippen molar-refractivity contribution in [2.24, 2.45) is 0 Å². The molecule has 2 N–H and O–H groups in total. The van der Waals surface area contributed by atoms with Crippen molar-refractivity contribution >= 4 is 22.7 Å². The number of carbonyl (C=O) groups excluding carboxylic acids is 1. The molecular weight excluding hydrogens is 180 g/mol. The second-order valence-electron chi connectivity index (χ2n) is 2.86. The van der Waals surface area contributed by atoms with Gasteiger partial charge in [-0.3, -0.25) is 5.32 Å². The highest BCUT2D eigenvalue weighted by Gasteiger charge is 2.04. The van der Waals surface area contributed by atoms with Gasteiger partial charge >= 0.3 is 6.09 Å². The number of para-hydroxylation sites is 1. The van der Waals surface area contributed by atoms with E-state index in [2.05, 4.69) is 15.0 Å². The lowest BCUT2D eigenvalue weighted by Crippen LogP contribution is -2.11. The highest BCUT2D eigenvalue weighted by Crippen LogP contribution is 2.21. The van der Waals surface area contributed by atoms with Gasteiger partial charge in [-0.2, -0.15) is 0 Å². The Morgan fingerprint density at radius 1 is 1.43 bits per heavy atom. The Morgan fingerprint density at radius 2 is 2.29 bits per heavy atom. The zero-order valence-corrected chi connectivity index (χ0v) is 7.70. The van der Waals surface area contributed by atoms with Gasteiger partial charge in [-0.25, -0.2) is 4.79 Å². The van der Waals surface area contributed by atoms with Crippen molar-refractivity contribution in [3.63, 3.8) is 0 Å². The van der Waals surface area contributed by atoms with Crippen LogP contribution in [0.15, 0.2) is 30.5 Å². The van der Waals surface area contributed by atoms with Gasteiger partial charge in [-0.05, 0) is 12.1 Å². The summed E-state index contributed by atoms with van der Waals surface area (Å²) < 4.78 is 4.52. The van der Waals surface area contributed by atoms with Gasteiger partial charge in [0.15, 0.2) is 0 Å². The average Bonchev–Trinajstić information content (AvgIpc) is 2.66. The third kappa shape index (κ3) is 1.42. The number of rotatable bonds is 1. The van der Waals surface area contributed by atoms with E-state index in [-0.39, 0.29) is 0 Å². The molecule has 0 unspecified atom stereocenters. The number of amides is 1. The molecule has 0 atom stereocenters. The molecule has 0 saturated carbocycles. The summed E-state index contributed by atoms with van der Waals surface area (Å²) in [6.45, 7) is 0. The number of methoxy groups -OCH3 is 1. The number of ether oxygens (including phenoxy) is 1. The molecule has 14 heavy (non-hydrogen) atoms. The Hall–Kier alpha value is -1.97. The van der Waals surface area contributed by atoms with Crippen LogP contribution in [0.1, 0.15) is 0 Å². The fraction of sp³-hybridized carbons (Fsp3) is 0.100. The summed E-state index contributed by atoms with van der Waals surface area (Å²) in [5, 5.41) is 3.68. The molecule has 0 spiro atoms. The molecule has 0 aliphatic carbocycles. The maximum absolute atomic E-state index is 11.0. The van der Waals surface area contributed by atoms with Crippen molar-refractivity contribution < 1.29 is 9.53 Å². The van der Waals surface area contributed by atoms with Crippen molar-refractivity contribution in [3.05, 3.63) is 30.5 Å². The first-order valence-electron chi connectivity index (χ1n) is 4.22. The van der Waals surface area contributed by atoms with E-state index in [1.807, 2.05) is 30.5 Å². The molecule has 4 nitrogen and oxygen atoms in total. The van der Waals surface area contributed by atoms with E-state index in [9.17, 15) is 4.79 Å². The molecule has 1 amide bonds. The van der Waals surface area contributed by atoms with E-state index in [0.29, 0.717) is 0 Å². The van der Waals surface area contributed by atoms with Gasteiger partial charge in [0.2, 0.25) is 0 Å². The lowest BCUT2D eigenvalue weighted by molar-refractivity contribution is 0.187. The molecule has 0 radical (unpaired) electrons. The van der Waals surface area contributed by atoms with Crippen LogP contribution in [0.5, 0.6) is 0 Å². The highest BCUT2D eigenvalue weighted by atomic mass is 16.5. The van der Waals surface area contributed by atoms with Crippen LogP contribution < -0.4 is 5.32 Å². The average molecular weight is 190 g/mol. The normalized spacial score (nSPS) is 10.1. The third-order valence-electron chi connectivity index (χ3n) is 2.01. The molecule has 1 aromatic heterocycles. The van der Waals surface area contributed by atoms with Gasteiger partial charge in [0.05, 0.1) is 18.3 Å². The maximum atomic E-state index is 11.0. The molecule has 0 saturated heterocycles. The van der Waals surface area contributed by atoms with E-state index in [1.54, 1.807) is 0 Å². The molecule has 2 aromatic rings. The number of anilines is 1. The fourth-order valence-electron chi connectivity index (χ4n) is 1.35. The number of aromatic amines is 1. The zero-order chi connectivity index (χ0) is 9.97. The van der Waals surface area contributed by atoms with Crippen LogP contribution in [0.2, 0.25) is 0 Å². The molecule has 0 fully saturated rings. The van der Waals surface area contributed by atoms with Gasteiger partial charge in [0.25, 0.3) is 0 Å². The number of carbonyl (C=O) groups is 1. The van der Waals surface area contributed by atoms with Gasteiger partial charge in [0, 0.05) is 11.6 Å². The van der Waals surface area contributed by atoms with Gasteiger partial charge < -0.3 is 9.72 Å². The number of benzene rings is 1. The largest absolute Gasteiger partial charge is 0.453 e. The summed E-state index contributed by atoms with van der Waals surface area (Å²) in [6, 6.07) is 7.60. The monoisotopic (exact) mass is 190 g/mol. The van der Waals surface area contributed by atoms with Crippen molar-refractivity contribution in [1.29, 1.82) is 0 Å². The summed E-state index contributed by atoms with van der Waals surface area (Å²) in [7, 11) is 1.34. The summed E-state index contributed by atoms with van der Waals surface area (Å²) in [4.78, 5) is 14.0. The molecule has 0 bridgehead atoms. The van der Waals surface area contributed by atoms with Gasteiger partial charge in [-0.15, -0.1) is 0 Å². The van der Waals surface area contributed by atoms with Crippen LogP contribution in [0.3, 0.4) is 0 Å². The Labute approximate surface area is 80.9 Å². The molecule has 72 valence electrons. The summed E-state index contributed by atoms with van der Waals surface area (Å²) in [6.07, 6.45) is 1.36. The Balaban J connectivity index is 2.41. The van der Waals surface area contributed by atoms with Crippen LogP contribution in [-0.4, -0.2) is 18.2 Å². The van der Waals surface area contributed by atoms with E-state index in [1.165, 1.54) is 7.11 Å². The number of hydrogen-bond acceptors (Lipinski definition) is 2. The van der Waals surface area contributed by atoms with Crippen LogP contribution in [0.4, 0.5) is 10.5 Å². The number of hydrogen-bond donors (Lipinski definition) is 2. The fourth-order valence-corrected chi connectivity index (χ4v) is 1.35. The molecule has 1 heterocycles. The van der Waals surface area contributed by atoms with Crippen LogP contribution in [-0.2, 0) is 4.74 Å². The third-order valence-corrected chi connectivity index (χ3v) is 2.01. The topological polar surface area (TPSA) is 54.1 Å². The first-order chi connectivity index (χ1) is 6.81. The van der Waals surface area contributed by atoms with Gasteiger partial charge in [0.1, 0.15) is 0 Å². The minimum absolute atomic E-state index is 0.466. The quantitative estimate of drug-likeness (QED) is 0.725. The molecule has 0 aliphatic heterocycles. The lowest BCUT2D eigenvalue weighted by Gasteiger charge is -2.04. The first kappa shape index (κ1) is 8.62. The Bertz CT molecular complexity index is 462.